The molecule has 210 valence electrons. The molecule has 0 spiro atoms. The fourth-order valence-electron chi connectivity index (χ4n) is 7.37. The largest absolute Gasteiger partial charge is 0.508 e. The highest BCUT2D eigenvalue weighted by molar-refractivity contribution is 6.58. The van der Waals surface area contributed by atoms with Gasteiger partial charge >= 0.3 is 0 Å². The summed E-state index contributed by atoms with van der Waals surface area (Å²) in [5.41, 5.74) is 1.93. The average molecular weight is 597 g/mol. The summed E-state index contributed by atoms with van der Waals surface area (Å²) < 4.78 is 19.6. The monoisotopic (exact) mass is 596 g/mol. The number of aromatic hydroxyl groups is 1. The molecule has 1 N–H and O–H groups in total. The highest BCUT2D eigenvalue weighted by atomic mass is 35.5. The second-order valence-electron chi connectivity index (χ2n) is 11.3. The van der Waals surface area contributed by atoms with E-state index in [2.05, 4.69) is 0 Å². The number of halogens is 3. The fourth-order valence-corrected chi connectivity index (χ4v) is 8.32. The number of nitrogens with zero attached hydrogens (tertiary/aromatic N) is 2. The third kappa shape index (κ3) is 3.33. The van der Waals surface area contributed by atoms with Gasteiger partial charge in [-0.1, -0.05) is 11.6 Å². The number of carbonyl (C=O) groups excluding carboxylic acids is 4. The molecule has 0 unspecified atom stereocenters. The minimum atomic E-state index is -2.03. The average Bonchev–Trinajstić information content (AvgIpc) is 3.26. The second-order valence-corrected chi connectivity index (χ2v) is 12.5. The van der Waals surface area contributed by atoms with E-state index in [9.17, 15) is 28.7 Å². The Kier molecular flexibility index (Phi) is 5.54. The van der Waals surface area contributed by atoms with E-state index < -0.39 is 51.1 Å². The van der Waals surface area contributed by atoms with E-state index in [1.54, 1.807) is 12.1 Å². The van der Waals surface area contributed by atoms with E-state index in [1.807, 2.05) is 6.08 Å². The lowest BCUT2D eigenvalue weighted by atomic mass is 9.56. The molecule has 3 fully saturated rings. The van der Waals surface area contributed by atoms with Crippen molar-refractivity contribution in [1.29, 1.82) is 0 Å². The molecule has 3 heterocycles. The van der Waals surface area contributed by atoms with Gasteiger partial charge in [-0.25, -0.2) is 9.29 Å². The number of phenols is 1. The van der Waals surface area contributed by atoms with Crippen LogP contribution in [0.25, 0.3) is 0 Å². The number of benzene rings is 2. The Balaban J connectivity index is 1.41. The van der Waals surface area contributed by atoms with Crippen molar-refractivity contribution in [2.24, 2.45) is 23.7 Å². The van der Waals surface area contributed by atoms with Crippen LogP contribution in [0.3, 0.4) is 0 Å². The molecular weight excluding hydrogens is 574 g/mol. The molecule has 5 aliphatic rings. The lowest BCUT2D eigenvalue weighted by Crippen LogP contribution is -2.61. The van der Waals surface area contributed by atoms with Gasteiger partial charge < -0.3 is 9.84 Å². The van der Waals surface area contributed by atoms with Gasteiger partial charge in [-0.15, -0.1) is 23.2 Å². The number of carbonyl (C=O) groups is 4. The number of phenolic OH excluding ortho intramolecular Hbond substituents is 1. The van der Waals surface area contributed by atoms with Gasteiger partial charge in [-0.2, -0.15) is 0 Å². The molecule has 4 amide bonds. The maximum Gasteiger partial charge on any atom is 0.258 e. The molecule has 2 aromatic rings. The molecule has 7 rings (SSSR count). The molecule has 11 heteroatoms. The number of anilines is 1. The van der Waals surface area contributed by atoms with Crippen LogP contribution in [0.2, 0.25) is 0 Å². The molecule has 3 aliphatic heterocycles. The number of likely N-dealkylation sites (tertiary alicyclic amines) is 1. The summed E-state index contributed by atoms with van der Waals surface area (Å²) >= 11 is 14.6. The lowest BCUT2D eigenvalue weighted by Gasteiger charge is -2.51. The Hall–Kier alpha value is -3.69. The Morgan fingerprint density at radius 3 is 2.46 bits per heavy atom. The van der Waals surface area contributed by atoms with Crippen molar-refractivity contribution < 1.29 is 33.4 Å². The highest BCUT2D eigenvalue weighted by Crippen LogP contribution is 2.65. The fraction of sp³-hybridized carbons (Fsp3) is 0.333. The normalized spacial score (nSPS) is 34.0. The molecule has 0 radical (unpaired) electrons. The van der Waals surface area contributed by atoms with Crippen LogP contribution in [0.1, 0.15) is 18.4 Å². The van der Waals surface area contributed by atoms with Crippen molar-refractivity contribution in [2.45, 2.75) is 29.0 Å². The van der Waals surface area contributed by atoms with Gasteiger partial charge in [0.1, 0.15) is 17.3 Å². The quantitative estimate of drug-likeness (QED) is 0.318. The number of rotatable bonds is 2. The number of amides is 4. The SMILES string of the molecule is CN1C(=O)[C@H]2[C@H](CC=C3[C@H](C4=COc5ccc(O)cc5C4)[C@]4(Cl)C(=O)N(c5ccc(F)cc5)C(=O)[C@]4(Cl)C[C@H]32)C1=O. The Morgan fingerprint density at radius 2 is 1.73 bits per heavy atom. The number of alkyl halides is 2. The van der Waals surface area contributed by atoms with E-state index in [0.29, 0.717) is 22.5 Å². The van der Waals surface area contributed by atoms with Crippen molar-refractivity contribution in [3.63, 3.8) is 0 Å². The summed E-state index contributed by atoms with van der Waals surface area (Å²) in [5, 5.41) is 10.1. The molecule has 2 aliphatic carbocycles. The van der Waals surface area contributed by atoms with Crippen molar-refractivity contribution in [3.8, 4) is 11.5 Å². The zero-order valence-electron chi connectivity index (χ0n) is 21.6. The minimum absolute atomic E-state index is 0.0230. The van der Waals surface area contributed by atoms with E-state index in [0.717, 1.165) is 21.9 Å². The number of hydrogen-bond donors (Lipinski definition) is 1. The molecule has 1 saturated carbocycles. The number of imide groups is 2. The summed E-state index contributed by atoms with van der Waals surface area (Å²) in [5.74, 6) is -5.25. The molecule has 2 saturated heterocycles. The molecule has 6 atom stereocenters. The highest BCUT2D eigenvalue weighted by Gasteiger charge is 2.76. The van der Waals surface area contributed by atoms with Crippen molar-refractivity contribution >= 4 is 52.5 Å². The van der Waals surface area contributed by atoms with Gasteiger partial charge in [0, 0.05) is 24.9 Å². The van der Waals surface area contributed by atoms with Crippen LogP contribution in [0.15, 0.2) is 65.9 Å². The number of ether oxygens (including phenoxy) is 1. The Bertz CT molecular complexity index is 1640. The lowest BCUT2D eigenvalue weighted by molar-refractivity contribution is -0.138. The summed E-state index contributed by atoms with van der Waals surface area (Å²) in [4.78, 5) is 52.7. The zero-order valence-corrected chi connectivity index (χ0v) is 23.2. The van der Waals surface area contributed by atoms with Gasteiger partial charge in [0.2, 0.25) is 11.8 Å². The third-order valence-corrected chi connectivity index (χ3v) is 10.7. The van der Waals surface area contributed by atoms with Crippen LogP contribution < -0.4 is 9.64 Å². The first-order valence-corrected chi connectivity index (χ1v) is 13.9. The van der Waals surface area contributed by atoms with Crippen LogP contribution in [0, 0.1) is 29.5 Å². The molecular formula is C30H23Cl2FN2O6. The Labute approximate surface area is 243 Å². The predicted octanol–water partition coefficient (Wildman–Crippen LogP) is 4.08. The van der Waals surface area contributed by atoms with E-state index in [1.165, 1.54) is 31.5 Å². The summed E-state index contributed by atoms with van der Waals surface area (Å²) in [7, 11) is 1.44. The van der Waals surface area contributed by atoms with Crippen molar-refractivity contribution in [2.75, 3.05) is 11.9 Å². The van der Waals surface area contributed by atoms with Crippen LogP contribution >= 0.6 is 23.2 Å². The van der Waals surface area contributed by atoms with E-state index in [-0.39, 0.29) is 42.5 Å². The van der Waals surface area contributed by atoms with E-state index >= 15 is 0 Å². The Morgan fingerprint density at radius 1 is 1.00 bits per heavy atom. The molecule has 0 bridgehead atoms. The van der Waals surface area contributed by atoms with Crippen LogP contribution in [0.4, 0.5) is 10.1 Å². The van der Waals surface area contributed by atoms with Gasteiger partial charge in [0.15, 0.2) is 9.75 Å². The molecule has 41 heavy (non-hydrogen) atoms. The topological polar surface area (TPSA) is 104 Å². The summed E-state index contributed by atoms with van der Waals surface area (Å²) in [6.07, 6.45) is 3.66. The summed E-state index contributed by atoms with van der Waals surface area (Å²) in [6, 6.07) is 9.51. The van der Waals surface area contributed by atoms with Gasteiger partial charge in [0.05, 0.1) is 23.8 Å². The number of hydrogen-bond acceptors (Lipinski definition) is 6. The number of allylic oxidation sites excluding steroid dienone is 3. The van der Waals surface area contributed by atoms with Gasteiger partial charge in [-0.05, 0) is 66.8 Å². The molecule has 0 aromatic heterocycles. The van der Waals surface area contributed by atoms with Gasteiger partial charge in [0.25, 0.3) is 11.8 Å². The third-order valence-electron chi connectivity index (χ3n) is 9.26. The predicted molar refractivity (Wildman–Crippen MR) is 146 cm³/mol. The smallest absolute Gasteiger partial charge is 0.258 e. The van der Waals surface area contributed by atoms with Crippen molar-refractivity contribution in [1.82, 2.24) is 4.90 Å². The zero-order chi connectivity index (χ0) is 29.0. The maximum absolute atomic E-state index is 14.3. The first-order valence-electron chi connectivity index (χ1n) is 13.2. The first kappa shape index (κ1) is 26.2. The van der Waals surface area contributed by atoms with Crippen LogP contribution in [-0.4, -0.2) is 50.4 Å². The molecule has 8 nitrogen and oxygen atoms in total. The summed E-state index contributed by atoms with van der Waals surface area (Å²) in [6.45, 7) is 0. The second kappa shape index (κ2) is 8.66. The van der Waals surface area contributed by atoms with Crippen LogP contribution in [-0.2, 0) is 25.6 Å². The maximum atomic E-state index is 14.3. The van der Waals surface area contributed by atoms with Crippen molar-refractivity contribution in [3.05, 3.63) is 77.3 Å². The number of fused-ring (bicyclic) bond motifs is 5. The van der Waals surface area contributed by atoms with Gasteiger partial charge in [-0.3, -0.25) is 24.1 Å². The first-order chi connectivity index (χ1) is 19.5. The standard InChI is InChI=1S/C30H23Cl2FN2O6/c1-34-25(37)20-8-7-19-21(23(20)26(34)38)12-29(31)27(39)35(17-4-2-16(33)3-5-17)28(40)30(29,32)24(19)15-10-14-11-18(36)6-9-22(14)41-13-15/h2-7,9,11,13,20-21,23-24,36H,8,10,12H2,1H3/t20-,21+,23-,24-,29+,30-/m0/s1. The van der Waals surface area contributed by atoms with E-state index in [4.69, 9.17) is 27.9 Å². The minimum Gasteiger partial charge on any atom is -0.508 e. The van der Waals surface area contributed by atoms with Crippen LogP contribution in [0.5, 0.6) is 11.5 Å². The molecule has 2 aromatic carbocycles.